The van der Waals surface area contributed by atoms with Gasteiger partial charge in [-0.1, -0.05) is 46.5 Å². The van der Waals surface area contributed by atoms with Crippen molar-refractivity contribution in [3.05, 3.63) is 0 Å². The van der Waals surface area contributed by atoms with Gasteiger partial charge >= 0.3 is 0 Å². The standard InChI is InChI=1S/C14H32N2/c1-5-8-9-13(7-3)11-16-12-14(4,15)10-6-2/h13,16H,5-12,15H2,1-4H3. The zero-order valence-corrected chi connectivity index (χ0v) is 11.8. The van der Waals surface area contributed by atoms with Gasteiger partial charge in [0.15, 0.2) is 0 Å². The van der Waals surface area contributed by atoms with E-state index in [1.165, 1.54) is 32.1 Å². The maximum Gasteiger partial charge on any atom is 0.0252 e. The first-order chi connectivity index (χ1) is 7.55. The summed E-state index contributed by atoms with van der Waals surface area (Å²) in [5.74, 6) is 0.831. The van der Waals surface area contributed by atoms with E-state index in [2.05, 4.69) is 33.0 Å². The molecule has 0 aliphatic rings. The highest BCUT2D eigenvalue weighted by atomic mass is 14.9. The molecule has 0 saturated heterocycles. The Kier molecular flexibility index (Phi) is 8.96. The summed E-state index contributed by atoms with van der Waals surface area (Å²) >= 11 is 0. The van der Waals surface area contributed by atoms with Gasteiger partial charge in [0, 0.05) is 12.1 Å². The van der Waals surface area contributed by atoms with Crippen LogP contribution in [0.25, 0.3) is 0 Å². The summed E-state index contributed by atoms with van der Waals surface area (Å²) in [5, 5.41) is 3.55. The second-order valence-corrected chi connectivity index (χ2v) is 5.45. The van der Waals surface area contributed by atoms with Gasteiger partial charge in [-0.15, -0.1) is 0 Å². The minimum atomic E-state index is -0.0300. The molecule has 0 amide bonds. The largest absolute Gasteiger partial charge is 0.324 e. The van der Waals surface area contributed by atoms with E-state index in [1.807, 2.05) is 0 Å². The first-order valence-corrected chi connectivity index (χ1v) is 7.05. The summed E-state index contributed by atoms with van der Waals surface area (Å²) in [4.78, 5) is 0. The van der Waals surface area contributed by atoms with Crippen LogP contribution in [0.5, 0.6) is 0 Å². The number of nitrogens with two attached hydrogens (primary N) is 1. The summed E-state index contributed by atoms with van der Waals surface area (Å²) in [7, 11) is 0. The minimum absolute atomic E-state index is 0.0300. The smallest absolute Gasteiger partial charge is 0.0252 e. The zero-order chi connectivity index (χ0) is 12.4. The molecule has 2 atom stereocenters. The predicted octanol–water partition coefficient (Wildman–Crippen LogP) is 3.31. The van der Waals surface area contributed by atoms with E-state index in [4.69, 9.17) is 5.73 Å². The summed E-state index contributed by atoms with van der Waals surface area (Å²) < 4.78 is 0. The highest BCUT2D eigenvalue weighted by Gasteiger charge is 2.16. The molecule has 0 saturated carbocycles. The lowest BCUT2D eigenvalue weighted by molar-refractivity contribution is 0.358. The SMILES string of the molecule is CCCCC(CC)CNCC(C)(N)CCC. The third-order valence-electron chi connectivity index (χ3n) is 3.33. The van der Waals surface area contributed by atoms with E-state index in [-0.39, 0.29) is 5.54 Å². The van der Waals surface area contributed by atoms with Crippen LogP contribution in [0.3, 0.4) is 0 Å². The van der Waals surface area contributed by atoms with E-state index >= 15 is 0 Å². The first-order valence-electron chi connectivity index (χ1n) is 7.05. The Hall–Kier alpha value is -0.0800. The van der Waals surface area contributed by atoms with E-state index in [9.17, 15) is 0 Å². The van der Waals surface area contributed by atoms with Crippen LogP contribution in [-0.2, 0) is 0 Å². The molecule has 0 aromatic rings. The number of nitrogens with one attached hydrogen (secondary N) is 1. The molecule has 2 unspecified atom stereocenters. The average molecular weight is 228 g/mol. The van der Waals surface area contributed by atoms with Crippen LogP contribution in [0.2, 0.25) is 0 Å². The van der Waals surface area contributed by atoms with Crippen molar-refractivity contribution in [2.75, 3.05) is 13.1 Å². The lowest BCUT2D eigenvalue weighted by Gasteiger charge is -2.26. The molecule has 0 fully saturated rings. The molecule has 0 heterocycles. The van der Waals surface area contributed by atoms with Gasteiger partial charge < -0.3 is 11.1 Å². The molecule has 98 valence electrons. The van der Waals surface area contributed by atoms with Gasteiger partial charge in [0.2, 0.25) is 0 Å². The summed E-state index contributed by atoms with van der Waals surface area (Å²) in [6.45, 7) is 11.0. The fourth-order valence-corrected chi connectivity index (χ4v) is 2.16. The Balaban J connectivity index is 3.68. The maximum absolute atomic E-state index is 6.19. The quantitative estimate of drug-likeness (QED) is 0.602. The number of rotatable bonds is 10. The van der Waals surface area contributed by atoms with Gasteiger partial charge in [-0.25, -0.2) is 0 Å². The first kappa shape index (κ1) is 15.9. The fraction of sp³-hybridized carbons (Fsp3) is 1.00. The van der Waals surface area contributed by atoms with Crippen molar-refractivity contribution >= 4 is 0 Å². The van der Waals surface area contributed by atoms with Crippen LogP contribution in [0.15, 0.2) is 0 Å². The molecular formula is C14H32N2. The van der Waals surface area contributed by atoms with Crippen molar-refractivity contribution in [3.8, 4) is 0 Å². The Morgan fingerprint density at radius 3 is 2.38 bits per heavy atom. The Morgan fingerprint density at radius 1 is 1.19 bits per heavy atom. The van der Waals surface area contributed by atoms with Crippen LogP contribution >= 0.6 is 0 Å². The second-order valence-electron chi connectivity index (χ2n) is 5.45. The molecule has 0 aliphatic carbocycles. The second kappa shape index (κ2) is 9.00. The normalized spacial score (nSPS) is 17.1. The zero-order valence-electron chi connectivity index (χ0n) is 11.8. The molecule has 0 aromatic heterocycles. The topological polar surface area (TPSA) is 38.0 Å². The highest BCUT2D eigenvalue weighted by Crippen LogP contribution is 2.12. The third kappa shape index (κ3) is 8.12. The molecule has 0 radical (unpaired) electrons. The predicted molar refractivity (Wildman–Crippen MR) is 73.7 cm³/mol. The van der Waals surface area contributed by atoms with Gasteiger partial charge in [0.25, 0.3) is 0 Å². The van der Waals surface area contributed by atoms with Crippen LogP contribution in [0, 0.1) is 5.92 Å². The monoisotopic (exact) mass is 228 g/mol. The molecule has 2 nitrogen and oxygen atoms in total. The highest BCUT2D eigenvalue weighted by molar-refractivity contribution is 4.80. The van der Waals surface area contributed by atoms with E-state index in [0.29, 0.717) is 0 Å². The van der Waals surface area contributed by atoms with Crippen molar-refractivity contribution < 1.29 is 0 Å². The van der Waals surface area contributed by atoms with Crippen molar-refractivity contribution in [1.82, 2.24) is 5.32 Å². The summed E-state index contributed by atoms with van der Waals surface area (Å²) in [6, 6.07) is 0. The lowest BCUT2D eigenvalue weighted by atomic mass is 9.96. The van der Waals surface area contributed by atoms with Crippen molar-refractivity contribution in [2.45, 2.75) is 71.8 Å². The average Bonchev–Trinajstić information content (AvgIpc) is 2.22. The van der Waals surface area contributed by atoms with Gasteiger partial charge in [0.05, 0.1) is 0 Å². The van der Waals surface area contributed by atoms with Crippen LogP contribution in [0.1, 0.15) is 66.2 Å². The number of unbranched alkanes of at least 4 members (excludes halogenated alkanes) is 1. The van der Waals surface area contributed by atoms with Crippen molar-refractivity contribution in [2.24, 2.45) is 11.7 Å². The van der Waals surface area contributed by atoms with E-state index in [0.717, 1.165) is 25.4 Å². The Morgan fingerprint density at radius 2 is 1.88 bits per heavy atom. The van der Waals surface area contributed by atoms with Gasteiger partial charge in [-0.05, 0) is 32.2 Å². The fourth-order valence-electron chi connectivity index (χ4n) is 2.16. The molecule has 2 heteroatoms. The maximum atomic E-state index is 6.19. The Labute approximate surface area is 102 Å². The lowest BCUT2D eigenvalue weighted by Crippen LogP contribution is -2.46. The minimum Gasteiger partial charge on any atom is -0.324 e. The van der Waals surface area contributed by atoms with Crippen LogP contribution in [-0.4, -0.2) is 18.6 Å². The van der Waals surface area contributed by atoms with Gasteiger partial charge in [-0.2, -0.15) is 0 Å². The number of hydrogen-bond acceptors (Lipinski definition) is 2. The molecule has 3 N–H and O–H groups in total. The van der Waals surface area contributed by atoms with Crippen LogP contribution < -0.4 is 11.1 Å². The van der Waals surface area contributed by atoms with Gasteiger partial charge in [0.1, 0.15) is 0 Å². The molecule has 16 heavy (non-hydrogen) atoms. The molecule has 0 aliphatic heterocycles. The molecule has 0 spiro atoms. The molecule has 0 rings (SSSR count). The van der Waals surface area contributed by atoms with E-state index < -0.39 is 0 Å². The van der Waals surface area contributed by atoms with Crippen molar-refractivity contribution in [3.63, 3.8) is 0 Å². The van der Waals surface area contributed by atoms with Crippen LogP contribution in [0.4, 0.5) is 0 Å². The van der Waals surface area contributed by atoms with Gasteiger partial charge in [-0.3, -0.25) is 0 Å². The molecule has 0 aromatic carbocycles. The summed E-state index contributed by atoms with van der Waals surface area (Å²) in [6.07, 6.45) is 7.57. The molecule has 0 bridgehead atoms. The summed E-state index contributed by atoms with van der Waals surface area (Å²) in [5.41, 5.74) is 6.16. The number of hydrogen-bond donors (Lipinski definition) is 2. The third-order valence-corrected chi connectivity index (χ3v) is 3.33. The molecular weight excluding hydrogens is 196 g/mol. The van der Waals surface area contributed by atoms with Crippen molar-refractivity contribution in [1.29, 1.82) is 0 Å². The van der Waals surface area contributed by atoms with E-state index in [1.54, 1.807) is 0 Å². The Bertz CT molecular complexity index is 155.